The molecule has 1 unspecified atom stereocenters. The monoisotopic (exact) mass is 826 g/mol. The summed E-state index contributed by atoms with van der Waals surface area (Å²) in [5.74, 6) is -3.28. The number of rotatable bonds is 20. The summed E-state index contributed by atoms with van der Waals surface area (Å²) < 4.78 is 174. The average Bonchev–Trinajstić information content (AvgIpc) is 3.43. The van der Waals surface area contributed by atoms with Gasteiger partial charge in [-0.05, 0) is 82.9 Å². The summed E-state index contributed by atoms with van der Waals surface area (Å²) in [7, 11) is 0. The third-order valence-electron chi connectivity index (χ3n) is 7.97. The fourth-order valence-corrected chi connectivity index (χ4v) is 5.82. The van der Waals surface area contributed by atoms with E-state index in [-0.39, 0.29) is 45.4 Å². The number of hydrogen-bond donors (Lipinski definition) is 2. The predicted molar refractivity (Wildman–Crippen MR) is 179 cm³/mol. The number of furan rings is 1. The van der Waals surface area contributed by atoms with Crippen molar-refractivity contribution in [3.63, 3.8) is 0 Å². The minimum absolute atomic E-state index is 0.00400. The van der Waals surface area contributed by atoms with E-state index in [1.54, 1.807) is 13.8 Å². The zero-order valence-corrected chi connectivity index (χ0v) is 31.1. The summed E-state index contributed by atoms with van der Waals surface area (Å²) in [5, 5.41) is 0.263. The molecule has 3 aromatic rings. The number of benzene rings is 2. The largest absolute Gasteiger partial charge is 0.496 e. The van der Waals surface area contributed by atoms with Crippen LogP contribution in [0.1, 0.15) is 71.4 Å². The van der Waals surface area contributed by atoms with Crippen LogP contribution in [0.4, 0.5) is 48.3 Å². The fraction of sp³-hybridized carbons (Fsp3) is 0.571. The van der Waals surface area contributed by atoms with Gasteiger partial charge in [0.25, 0.3) is 0 Å². The van der Waals surface area contributed by atoms with Crippen LogP contribution in [0.25, 0.3) is 22.3 Å². The average molecular weight is 827 g/mol. The Hall–Kier alpha value is -3.17. The van der Waals surface area contributed by atoms with Crippen LogP contribution in [0.2, 0.25) is 0 Å². The maximum atomic E-state index is 14.4. The summed E-state index contributed by atoms with van der Waals surface area (Å²) in [6, 6.07) is 7.65. The number of fused-ring (bicyclic) bond motifs is 1. The van der Waals surface area contributed by atoms with Gasteiger partial charge in [0.1, 0.15) is 11.3 Å². The van der Waals surface area contributed by atoms with Gasteiger partial charge < -0.3 is 20.6 Å². The zero-order valence-electron chi connectivity index (χ0n) is 30.2. The molecule has 55 heavy (non-hydrogen) atoms. The topological polar surface area (TPSA) is 119 Å². The van der Waals surface area contributed by atoms with Gasteiger partial charge in [-0.15, -0.1) is 29.3 Å². The number of ether oxygens (including phenoxy) is 4. The van der Waals surface area contributed by atoms with Crippen molar-refractivity contribution in [2.45, 2.75) is 114 Å². The van der Waals surface area contributed by atoms with E-state index in [1.165, 1.54) is 44.2 Å². The van der Waals surface area contributed by atoms with Crippen molar-refractivity contribution in [2.24, 2.45) is 16.9 Å². The van der Waals surface area contributed by atoms with Crippen LogP contribution in [-0.2, 0) is 36.3 Å². The van der Waals surface area contributed by atoms with E-state index in [2.05, 4.69) is 18.9 Å². The molecule has 0 aliphatic rings. The van der Waals surface area contributed by atoms with E-state index in [9.17, 15) is 53.1 Å². The van der Waals surface area contributed by atoms with Gasteiger partial charge in [0.15, 0.2) is 6.61 Å². The third kappa shape index (κ3) is 14.1. The lowest BCUT2D eigenvalue weighted by Crippen LogP contribution is -2.51. The molecule has 0 aliphatic heterocycles. The van der Waals surface area contributed by atoms with Gasteiger partial charge in [0.05, 0.1) is 16.7 Å². The molecule has 1 aromatic heterocycles. The number of esters is 1. The molecule has 0 amide bonds. The van der Waals surface area contributed by atoms with Gasteiger partial charge in [0, 0.05) is 27.4 Å². The van der Waals surface area contributed by atoms with E-state index < -0.39 is 71.9 Å². The van der Waals surface area contributed by atoms with Crippen molar-refractivity contribution in [1.82, 2.24) is 0 Å². The summed E-state index contributed by atoms with van der Waals surface area (Å²) in [5.41, 5.74) is 8.32. The number of carbonyl (C=O) groups excluding carboxylic acids is 1. The van der Waals surface area contributed by atoms with Gasteiger partial charge >= 0.3 is 37.0 Å². The Labute approximate surface area is 313 Å². The fourth-order valence-electron chi connectivity index (χ4n) is 5.07. The number of aryl methyl sites for hydroxylation is 1. The summed E-state index contributed by atoms with van der Waals surface area (Å²) >= 11 is 0.144. The molecule has 4 N–H and O–H groups in total. The lowest BCUT2D eigenvalue weighted by molar-refractivity contribution is -0.572. The number of nitrogens with two attached hydrogens (primary N) is 2. The van der Waals surface area contributed by atoms with Crippen molar-refractivity contribution in [2.75, 3.05) is 12.4 Å². The molecule has 0 bridgehead atoms. The number of halogens is 11. The first kappa shape index (κ1) is 46.2. The van der Waals surface area contributed by atoms with E-state index in [0.717, 1.165) is 25.0 Å². The molecule has 0 spiro atoms. The lowest BCUT2D eigenvalue weighted by Gasteiger charge is -2.34. The third-order valence-corrected chi connectivity index (χ3v) is 9.03. The number of alkyl halides is 11. The number of hydrogen-bond acceptors (Lipinski definition) is 9. The standard InChI is InChI=1S/C35H41F11N2O6S/c1-6-7-8-9-20-10-13-23(24(14-20)33(40,41)42)26-15-21-11-12-22(16-25(21)51-26)55-19-32(38,39)53-35(45,46)54-34(43,44)52-31(36,37)18-50-28(49)30(4,5)27(47)17-29(2,3)48/h10-16,27H,6-9,17-19,47-48H2,1-5H3. The summed E-state index contributed by atoms with van der Waals surface area (Å²) in [4.78, 5) is 12.3. The molecule has 0 aliphatic carbocycles. The molecule has 310 valence electrons. The number of unbranched alkanes of at least 4 members (excludes halogenated alkanes) is 2. The molecule has 1 atom stereocenters. The molecule has 0 fully saturated rings. The SMILES string of the molecule is CCCCCc1ccc(-c2cc3ccc(SCC(F)(F)OC(F)(F)OC(F)(F)OC(F)(F)COC(=O)C(C)(C)C(N)CC(C)(C)N)cc3o2)c(C(F)(F)F)c1. The van der Waals surface area contributed by atoms with Crippen LogP contribution in [0.3, 0.4) is 0 Å². The van der Waals surface area contributed by atoms with Gasteiger partial charge in [-0.3, -0.25) is 4.79 Å². The smallest absolute Gasteiger partial charge is 0.456 e. The lowest BCUT2D eigenvalue weighted by atomic mass is 9.79. The quantitative estimate of drug-likeness (QED) is 0.0377. The van der Waals surface area contributed by atoms with Crippen LogP contribution in [0, 0.1) is 5.41 Å². The van der Waals surface area contributed by atoms with Crippen LogP contribution in [0.15, 0.2) is 51.8 Å². The highest BCUT2D eigenvalue weighted by Gasteiger charge is 2.57. The second-order valence-corrected chi connectivity index (χ2v) is 15.1. The van der Waals surface area contributed by atoms with Gasteiger partial charge in [0.2, 0.25) is 0 Å². The minimum atomic E-state index is -5.97. The first-order chi connectivity index (χ1) is 24.9. The van der Waals surface area contributed by atoms with Gasteiger partial charge in [-0.1, -0.05) is 31.9 Å². The molecule has 3 rings (SSSR count). The Kier molecular flexibility index (Phi) is 14.4. The molecular weight excluding hydrogens is 785 g/mol. The maximum Gasteiger partial charge on any atom is 0.496 e. The van der Waals surface area contributed by atoms with Crippen LogP contribution >= 0.6 is 11.8 Å². The second-order valence-electron chi connectivity index (χ2n) is 14.0. The highest BCUT2D eigenvalue weighted by molar-refractivity contribution is 7.99. The van der Waals surface area contributed by atoms with Crippen molar-refractivity contribution in [3.8, 4) is 11.3 Å². The molecule has 2 aromatic carbocycles. The highest BCUT2D eigenvalue weighted by atomic mass is 32.2. The minimum Gasteiger partial charge on any atom is -0.456 e. The number of carbonyl (C=O) groups is 1. The Morgan fingerprint density at radius 3 is 2.02 bits per heavy atom. The van der Waals surface area contributed by atoms with Crippen molar-refractivity contribution in [3.05, 3.63) is 53.6 Å². The van der Waals surface area contributed by atoms with E-state index in [4.69, 9.17) is 15.9 Å². The van der Waals surface area contributed by atoms with Crippen LogP contribution < -0.4 is 11.5 Å². The van der Waals surface area contributed by atoms with Gasteiger partial charge in [-0.25, -0.2) is 14.2 Å². The Morgan fingerprint density at radius 2 is 1.44 bits per heavy atom. The van der Waals surface area contributed by atoms with Crippen molar-refractivity contribution >= 4 is 28.7 Å². The highest BCUT2D eigenvalue weighted by Crippen LogP contribution is 2.42. The molecule has 0 radical (unpaired) electrons. The molecule has 20 heteroatoms. The summed E-state index contributed by atoms with van der Waals surface area (Å²) in [6.45, 7) is 5.21. The first-order valence-electron chi connectivity index (χ1n) is 16.6. The van der Waals surface area contributed by atoms with Crippen molar-refractivity contribution < 1.29 is 76.5 Å². The Balaban J connectivity index is 1.63. The second kappa shape index (κ2) is 17.1. The Morgan fingerprint density at radius 1 is 0.818 bits per heavy atom. The zero-order chi connectivity index (χ0) is 41.8. The predicted octanol–water partition coefficient (Wildman–Crippen LogP) is 10.3. The van der Waals surface area contributed by atoms with Crippen molar-refractivity contribution in [1.29, 1.82) is 0 Å². The van der Waals surface area contributed by atoms with E-state index in [1.807, 2.05) is 6.92 Å². The maximum absolute atomic E-state index is 14.4. The molecule has 8 nitrogen and oxygen atoms in total. The van der Waals surface area contributed by atoms with Crippen LogP contribution in [0.5, 0.6) is 0 Å². The first-order valence-corrected chi connectivity index (χ1v) is 17.6. The molecular formula is C35H41F11N2O6S. The normalized spacial score (nSPS) is 14.4. The van der Waals surface area contributed by atoms with E-state index >= 15 is 0 Å². The molecule has 1 heterocycles. The molecule has 0 saturated heterocycles. The molecule has 0 saturated carbocycles. The Bertz CT molecular complexity index is 1760. The van der Waals surface area contributed by atoms with Crippen LogP contribution in [-0.4, -0.2) is 54.7 Å². The van der Waals surface area contributed by atoms with E-state index in [0.29, 0.717) is 18.4 Å². The number of thioether (sulfide) groups is 1. The summed E-state index contributed by atoms with van der Waals surface area (Å²) in [6.07, 6.45) is -23.9. The van der Waals surface area contributed by atoms with Gasteiger partial charge in [-0.2, -0.15) is 30.7 Å².